The molecule has 1 aliphatic carbocycles. The maximum Gasteiger partial charge on any atom is 0.223 e. The molecular formula is C15H25N3O2. The van der Waals surface area contributed by atoms with Crippen LogP contribution in [-0.2, 0) is 23.0 Å². The van der Waals surface area contributed by atoms with Gasteiger partial charge in [0.1, 0.15) is 0 Å². The van der Waals surface area contributed by atoms with E-state index in [0.717, 1.165) is 30.7 Å². The van der Waals surface area contributed by atoms with Gasteiger partial charge in [0.25, 0.3) is 0 Å². The number of hydrogen-bond donors (Lipinski definition) is 0. The van der Waals surface area contributed by atoms with Gasteiger partial charge in [-0.1, -0.05) is 0 Å². The topological polar surface area (TPSA) is 47.4 Å². The van der Waals surface area contributed by atoms with Gasteiger partial charge in [-0.15, -0.1) is 0 Å². The highest BCUT2D eigenvalue weighted by molar-refractivity contribution is 5.77. The fourth-order valence-electron chi connectivity index (χ4n) is 2.64. The zero-order valence-electron chi connectivity index (χ0n) is 13.0. The van der Waals surface area contributed by atoms with Crippen molar-refractivity contribution in [3.05, 3.63) is 17.0 Å². The molecule has 0 saturated heterocycles. The Morgan fingerprint density at radius 1 is 1.45 bits per heavy atom. The predicted octanol–water partition coefficient (Wildman–Crippen LogP) is 1.61. The lowest BCUT2D eigenvalue weighted by molar-refractivity contribution is -0.132. The van der Waals surface area contributed by atoms with Gasteiger partial charge in [-0.25, -0.2) is 0 Å². The molecular weight excluding hydrogens is 254 g/mol. The Morgan fingerprint density at radius 2 is 2.15 bits per heavy atom. The number of aromatic nitrogens is 2. The van der Waals surface area contributed by atoms with E-state index in [1.54, 1.807) is 7.11 Å². The van der Waals surface area contributed by atoms with E-state index in [0.29, 0.717) is 25.6 Å². The minimum absolute atomic E-state index is 0.243. The molecule has 20 heavy (non-hydrogen) atoms. The molecule has 0 aliphatic heterocycles. The summed E-state index contributed by atoms with van der Waals surface area (Å²) in [5.41, 5.74) is 3.40. The van der Waals surface area contributed by atoms with Crippen LogP contribution in [0.25, 0.3) is 0 Å². The normalized spacial score (nSPS) is 14.6. The summed E-state index contributed by atoms with van der Waals surface area (Å²) in [5.74, 6) is 0.243. The minimum atomic E-state index is 0.243. The predicted molar refractivity (Wildman–Crippen MR) is 77.6 cm³/mol. The lowest BCUT2D eigenvalue weighted by atomic mass is 10.1. The molecule has 5 nitrogen and oxygen atoms in total. The van der Waals surface area contributed by atoms with Gasteiger partial charge in [0.05, 0.1) is 12.3 Å². The molecule has 0 radical (unpaired) electrons. The molecule has 0 unspecified atom stereocenters. The molecule has 1 aliphatic rings. The lowest BCUT2D eigenvalue weighted by Gasteiger charge is -2.22. The summed E-state index contributed by atoms with van der Waals surface area (Å²) in [7, 11) is 3.63. The van der Waals surface area contributed by atoms with Crippen molar-refractivity contribution in [2.24, 2.45) is 7.05 Å². The van der Waals surface area contributed by atoms with Crippen LogP contribution in [0.1, 0.15) is 36.2 Å². The molecule has 1 aromatic heterocycles. The third kappa shape index (κ3) is 3.39. The van der Waals surface area contributed by atoms with Gasteiger partial charge in [-0.2, -0.15) is 5.10 Å². The van der Waals surface area contributed by atoms with Crippen molar-refractivity contribution in [3.8, 4) is 0 Å². The Labute approximate surface area is 120 Å². The summed E-state index contributed by atoms with van der Waals surface area (Å²) in [6.07, 6.45) is 3.62. The van der Waals surface area contributed by atoms with Crippen LogP contribution in [-0.4, -0.2) is 46.9 Å². The first-order valence-corrected chi connectivity index (χ1v) is 7.32. The monoisotopic (exact) mass is 279 g/mol. The number of rotatable bonds is 7. The molecule has 2 rings (SSSR count). The minimum Gasteiger partial charge on any atom is -0.383 e. The Bertz CT molecular complexity index is 478. The number of nitrogens with zero attached hydrogens (tertiary/aromatic N) is 3. The Kier molecular flexibility index (Phi) is 4.81. The van der Waals surface area contributed by atoms with Crippen molar-refractivity contribution < 1.29 is 9.53 Å². The highest BCUT2D eigenvalue weighted by Gasteiger charge is 2.31. The fraction of sp³-hybridized carbons (Fsp3) is 0.733. The summed E-state index contributed by atoms with van der Waals surface area (Å²) in [5, 5.41) is 4.40. The second-order valence-corrected chi connectivity index (χ2v) is 5.58. The Balaban J connectivity index is 1.93. The summed E-state index contributed by atoms with van der Waals surface area (Å²) >= 11 is 0. The van der Waals surface area contributed by atoms with E-state index in [1.165, 1.54) is 5.56 Å². The standard InChI is InChI=1S/C15H25N3O2/c1-11-14(12(2)17(3)16-11)7-8-15(19)18(9-10-20-4)13-5-6-13/h13H,5-10H2,1-4H3. The van der Waals surface area contributed by atoms with E-state index in [9.17, 15) is 4.79 Å². The summed E-state index contributed by atoms with van der Waals surface area (Å²) in [6, 6.07) is 0.453. The molecule has 0 atom stereocenters. The van der Waals surface area contributed by atoms with Crippen LogP contribution in [0.5, 0.6) is 0 Å². The van der Waals surface area contributed by atoms with E-state index in [4.69, 9.17) is 4.74 Å². The first-order valence-electron chi connectivity index (χ1n) is 7.32. The number of carbonyl (C=O) groups excluding carboxylic acids is 1. The molecule has 1 aromatic rings. The first-order chi connectivity index (χ1) is 9.54. The highest BCUT2D eigenvalue weighted by Crippen LogP contribution is 2.27. The maximum absolute atomic E-state index is 12.4. The van der Waals surface area contributed by atoms with Gasteiger partial charge in [-0.3, -0.25) is 9.48 Å². The van der Waals surface area contributed by atoms with E-state index < -0.39 is 0 Å². The Morgan fingerprint density at radius 3 is 2.65 bits per heavy atom. The van der Waals surface area contributed by atoms with E-state index >= 15 is 0 Å². The number of amides is 1. The number of hydrogen-bond acceptors (Lipinski definition) is 3. The molecule has 1 heterocycles. The third-order valence-corrected chi connectivity index (χ3v) is 4.09. The third-order valence-electron chi connectivity index (χ3n) is 4.09. The highest BCUT2D eigenvalue weighted by atomic mass is 16.5. The first kappa shape index (κ1) is 15.0. The van der Waals surface area contributed by atoms with Gasteiger partial charge in [0.15, 0.2) is 0 Å². The van der Waals surface area contributed by atoms with Crippen LogP contribution in [0.4, 0.5) is 0 Å². The molecule has 1 amide bonds. The van der Waals surface area contributed by atoms with Crippen LogP contribution in [0, 0.1) is 13.8 Å². The van der Waals surface area contributed by atoms with Gasteiger partial charge >= 0.3 is 0 Å². The molecule has 1 saturated carbocycles. The van der Waals surface area contributed by atoms with Crippen LogP contribution in [0.15, 0.2) is 0 Å². The van der Waals surface area contributed by atoms with Crippen LogP contribution >= 0.6 is 0 Å². The Hall–Kier alpha value is -1.36. The number of ether oxygens (including phenoxy) is 1. The molecule has 5 heteroatoms. The van der Waals surface area contributed by atoms with Gasteiger partial charge in [0, 0.05) is 38.9 Å². The summed E-state index contributed by atoms with van der Waals surface area (Å²) < 4.78 is 6.99. The summed E-state index contributed by atoms with van der Waals surface area (Å²) in [6.45, 7) is 5.40. The van der Waals surface area contributed by atoms with Crippen molar-refractivity contribution in [2.75, 3.05) is 20.3 Å². The second kappa shape index (κ2) is 6.39. The number of methoxy groups -OCH3 is 1. The molecule has 0 N–H and O–H groups in total. The largest absolute Gasteiger partial charge is 0.383 e. The average Bonchev–Trinajstić information content (AvgIpc) is 3.19. The van der Waals surface area contributed by atoms with Gasteiger partial charge < -0.3 is 9.64 Å². The molecule has 0 bridgehead atoms. The zero-order valence-corrected chi connectivity index (χ0v) is 13.0. The zero-order chi connectivity index (χ0) is 14.7. The van der Waals surface area contributed by atoms with Gasteiger partial charge in [-0.05, 0) is 38.7 Å². The smallest absolute Gasteiger partial charge is 0.223 e. The van der Waals surface area contributed by atoms with E-state index in [1.807, 2.05) is 23.6 Å². The molecule has 1 fully saturated rings. The molecule has 112 valence electrons. The fourth-order valence-corrected chi connectivity index (χ4v) is 2.64. The quantitative estimate of drug-likeness (QED) is 0.762. The molecule has 0 spiro atoms. The van der Waals surface area contributed by atoms with Crippen molar-refractivity contribution >= 4 is 5.91 Å². The van der Waals surface area contributed by atoms with Crippen molar-refractivity contribution in [1.29, 1.82) is 0 Å². The summed E-state index contributed by atoms with van der Waals surface area (Å²) in [4.78, 5) is 14.4. The van der Waals surface area contributed by atoms with Crippen LogP contribution < -0.4 is 0 Å². The van der Waals surface area contributed by atoms with E-state index in [-0.39, 0.29) is 5.91 Å². The number of carbonyl (C=O) groups is 1. The van der Waals surface area contributed by atoms with Crippen molar-refractivity contribution in [1.82, 2.24) is 14.7 Å². The molecule has 0 aromatic carbocycles. The van der Waals surface area contributed by atoms with E-state index in [2.05, 4.69) is 12.0 Å². The van der Waals surface area contributed by atoms with Crippen molar-refractivity contribution in [3.63, 3.8) is 0 Å². The maximum atomic E-state index is 12.4. The van der Waals surface area contributed by atoms with Gasteiger partial charge in [0.2, 0.25) is 5.91 Å². The number of aryl methyl sites for hydroxylation is 2. The SMILES string of the molecule is COCCN(C(=O)CCc1c(C)nn(C)c1C)C1CC1. The lowest BCUT2D eigenvalue weighted by Crippen LogP contribution is -2.36. The average molecular weight is 279 g/mol. The van der Waals surface area contributed by atoms with Crippen LogP contribution in [0.2, 0.25) is 0 Å². The van der Waals surface area contributed by atoms with Crippen LogP contribution in [0.3, 0.4) is 0 Å². The second-order valence-electron chi connectivity index (χ2n) is 5.58. The van der Waals surface area contributed by atoms with Crippen molar-refractivity contribution in [2.45, 2.75) is 45.6 Å².